The first kappa shape index (κ1) is 56.6. The summed E-state index contributed by atoms with van der Waals surface area (Å²) in [6.45, 7) is 0.896. The highest BCUT2D eigenvalue weighted by Crippen LogP contribution is 2.38. The fourth-order valence-corrected chi connectivity index (χ4v) is 10.0. The van der Waals surface area contributed by atoms with Crippen LogP contribution >= 0.6 is 24.8 Å². The van der Waals surface area contributed by atoms with Crippen LogP contribution in [0, 0.1) is 30.3 Å². The number of rotatable bonds is 20. The Labute approximate surface area is 463 Å². The van der Waals surface area contributed by atoms with Gasteiger partial charge < -0.3 is 21.3 Å². The van der Waals surface area contributed by atoms with Gasteiger partial charge in [0.25, 0.3) is 64.3 Å². The lowest BCUT2D eigenvalue weighted by Crippen LogP contribution is -2.44. The second kappa shape index (κ2) is 23.1. The van der Waals surface area contributed by atoms with Crippen molar-refractivity contribution in [3.8, 4) is 0 Å². The van der Waals surface area contributed by atoms with Crippen molar-refractivity contribution in [2.45, 2.75) is 12.8 Å². The zero-order chi connectivity index (χ0) is 55.1. The van der Waals surface area contributed by atoms with Crippen LogP contribution in [0.15, 0.2) is 109 Å². The van der Waals surface area contributed by atoms with Crippen molar-refractivity contribution >= 4 is 127 Å². The van der Waals surface area contributed by atoms with Crippen LogP contribution in [0.5, 0.6) is 0 Å². The summed E-state index contributed by atoms with van der Waals surface area (Å²) in [4.78, 5) is 146. The van der Waals surface area contributed by atoms with Gasteiger partial charge in [-0.15, -0.1) is 24.8 Å². The molecule has 0 saturated carbocycles. The van der Waals surface area contributed by atoms with Crippen molar-refractivity contribution < 1.29 is 53.1 Å². The number of nitrogens with zero attached hydrogens (tertiary/aromatic N) is 6. The summed E-state index contributed by atoms with van der Waals surface area (Å²) < 4.78 is 0. The van der Waals surface area contributed by atoms with Crippen molar-refractivity contribution in [2.75, 3.05) is 57.3 Å². The van der Waals surface area contributed by atoms with Crippen LogP contribution < -0.4 is 26.2 Å². The average Bonchev–Trinajstić information content (AvgIpc) is 3.52. The second-order valence-electron chi connectivity index (χ2n) is 18.4. The largest absolute Gasteiger partial charge is 0.352 e. The highest BCUT2D eigenvalue weighted by atomic mass is 35.5. The average molecular weight is 1130 g/mol. The molecular formula is C54H44Cl2N10O14. The Morgan fingerprint density at radius 2 is 0.800 bits per heavy atom. The first-order valence-corrected chi connectivity index (χ1v) is 24.4. The van der Waals surface area contributed by atoms with Crippen molar-refractivity contribution in [1.82, 2.24) is 31.1 Å². The molecule has 0 bridgehead atoms. The van der Waals surface area contributed by atoms with E-state index >= 15 is 0 Å². The predicted molar refractivity (Wildman–Crippen MR) is 294 cm³/mol. The Hall–Kier alpha value is -9.62. The molecule has 0 aromatic heterocycles. The SMILES string of the molecule is Cl.Cl.O=C(NCCCNCCN1C(=O)c2cccc3cc([N+](=O)[O-])cc(c23)C1=O)c1cc(C(=O)NCCNCCCN2C(=O)c3cccc4cc([N+](=O)[O-])cc(c34)C2=O)cc(N2C(=O)c3cccc4cc([N+](=O)[O-])cc(c34)C2=O)c1. The summed E-state index contributed by atoms with van der Waals surface area (Å²) in [7, 11) is 0. The molecule has 0 fully saturated rings. The van der Waals surface area contributed by atoms with E-state index in [2.05, 4.69) is 21.3 Å². The van der Waals surface area contributed by atoms with Crippen LogP contribution in [0.1, 0.15) is 95.7 Å². The van der Waals surface area contributed by atoms with Crippen LogP contribution in [0.4, 0.5) is 22.7 Å². The van der Waals surface area contributed by atoms with Gasteiger partial charge >= 0.3 is 0 Å². The molecule has 408 valence electrons. The van der Waals surface area contributed by atoms with Gasteiger partial charge in [0.1, 0.15) is 0 Å². The normalized spacial score (nSPS) is 13.4. The summed E-state index contributed by atoms with van der Waals surface area (Å²) >= 11 is 0. The van der Waals surface area contributed by atoms with Gasteiger partial charge in [-0.1, -0.05) is 36.4 Å². The summed E-state index contributed by atoms with van der Waals surface area (Å²) in [6, 6.07) is 24.9. The van der Waals surface area contributed by atoms with E-state index in [1.807, 2.05) is 0 Å². The third-order valence-electron chi connectivity index (χ3n) is 13.6. The maximum absolute atomic E-state index is 14.2. The van der Waals surface area contributed by atoms with Crippen LogP contribution in [0.3, 0.4) is 0 Å². The molecule has 8 amide bonds. The minimum atomic E-state index is -0.933. The van der Waals surface area contributed by atoms with Gasteiger partial charge in [0.15, 0.2) is 0 Å². The molecule has 3 aliphatic heterocycles. The van der Waals surface area contributed by atoms with E-state index in [4.69, 9.17) is 0 Å². The van der Waals surface area contributed by atoms with Crippen LogP contribution in [-0.2, 0) is 0 Å². The van der Waals surface area contributed by atoms with E-state index in [9.17, 15) is 68.7 Å². The molecule has 0 aliphatic carbocycles. The topological polar surface area (TPSA) is 324 Å². The van der Waals surface area contributed by atoms with Gasteiger partial charge in [0.05, 0.1) is 37.1 Å². The lowest BCUT2D eigenvalue weighted by atomic mass is 9.92. The number of nitrogens with one attached hydrogen (secondary N) is 4. The number of non-ortho nitro benzene ring substituents is 3. The van der Waals surface area contributed by atoms with Gasteiger partial charge in [-0.3, -0.25) is 78.5 Å². The van der Waals surface area contributed by atoms with Gasteiger partial charge in [-0.25, -0.2) is 4.90 Å². The van der Waals surface area contributed by atoms with Crippen molar-refractivity contribution in [3.63, 3.8) is 0 Å². The maximum atomic E-state index is 14.2. The molecule has 7 aromatic carbocycles. The van der Waals surface area contributed by atoms with Crippen molar-refractivity contribution in [1.29, 1.82) is 0 Å². The van der Waals surface area contributed by atoms with E-state index in [0.717, 1.165) is 32.9 Å². The lowest BCUT2D eigenvalue weighted by Gasteiger charge is -2.28. The highest BCUT2D eigenvalue weighted by molar-refractivity contribution is 6.36. The Morgan fingerprint density at radius 3 is 1.27 bits per heavy atom. The molecule has 4 N–H and O–H groups in total. The third kappa shape index (κ3) is 10.4. The minimum Gasteiger partial charge on any atom is -0.352 e. The Balaban J connectivity index is 0.00000420. The predicted octanol–water partition coefficient (Wildman–Crippen LogP) is 6.53. The molecule has 26 heteroatoms. The fourth-order valence-electron chi connectivity index (χ4n) is 10.0. The molecule has 3 aliphatic rings. The van der Waals surface area contributed by atoms with E-state index in [1.165, 1.54) is 54.6 Å². The number of imide groups is 3. The molecule has 7 aromatic rings. The second-order valence-corrected chi connectivity index (χ2v) is 18.4. The number of hydrogen-bond acceptors (Lipinski definition) is 16. The molecule has 80 heavy (non-hydrogen) atoms. The monoisotopic (exact) mass is 1130 g/mol. The highest BCUT2D eigenvalue weighted by Gasteiger charge is 2.38. The molecule has 0 atom stereocenters. The van der Waals surface area contributed by atoms with E-state index in [0.29, 0.717) is 28.0 Å². The van der Waals surface area contributed by atoms with Crippen LogP contribution in [0.25, 0.3) is 32.3 Å². The van der Waals surface area contributed by atoms with E-state index < -0.39 is 67.7 Å². The first-order chi connectivity index (χ1) is 37.5. The Kier molecular flexibility index (Phi) is 16.4. The number of carbonyl (C=O) groups excluding carboxylic acids is 8. The van der Waals surface area contributed by atoms with E-state index in [-0.39, 0.29) is 156 Å². The van der Waals surface area contributed by atoms with Gasteiger partial charge in [0, 0.05) is 120 Å². The summed E-state index contributed by atoms with van der Waals surface area (Å²) in [5, 5.41) is 48.7. The number of benzene rings is 7. The quantitative estimate of drug-likeness (QED) is 0.0273. The third-order valence-corrected chi connectivity index (χ3v) is 13.6. The number of halogens is 2. The molecule has 3 heterocycles. The number of hydrogen-bond donors (Lipinski definition) is 4. The summed E-state index contributed by atoms with van der Waals surface area (Å²) in [5.74, 6) is -5.56. The maximum Gasteiger partial charge on any atom is 0.270 e. The van der Waals surface area contributed by atoms with Gasteiger partial charge in [0.2, 0.25) is 0 Å². The van der Waals surface area contributed by atoms with Crippen LogP contribution in [-0.4, -0.2) is 124 Å². The zero-order valence-corrected chi connectivity index (χ0v) is 43.3. The van der Waals surface area contributed by atoms with Gasteiger partial charge in [-0.2, -0.15) is 0 Å². The molecular weight excluding hydrogens is 1080 g/mol. The molecule has 0 unspecified atom stereocenters. The first-order valence-electron chi connectivity index (χ1n) is 24.4. The number of nitro groups is 3. The van der Waals surface area contributed by atoms with Crippen molar-refractivity contribution in [2.24, 2.45) is 0 Å². The number of carbonyl (C=O) groups is 8. The number of anilines is 1. The molecule has 0 radical (unpaired) electrons. The summed E-state index contributed by atoms with van der Waals surface area (Å²) in [5.41, 5.74) is -0.913. The number of nitro benzene ring substituents is 3. The number of amides is 8. The Morgan fingerprint density at radius 1 is 0.412 bits per heavy atom. The molecule has 0 spiro atoms. The van der Waals surface area contributed by atoms with Crippen molar-refractivity contribution in [3.05, 3.63) is 184 Å². The van der Waals surface area contributed by atoms with E-state index in [1.54, 1.807) is 36.4 Å². The fraction of sp³-hybridized carbons (Fsp3) is 0.185. The molecule has 10 rings (SSSR count). The molecule has 0 saturated heterocycles. The Bertz CT molecular complexity index is 3700. The smallest absolute Gasteiger partial charge is 0.270 e. The van der Waals surface area contributed by atoms with Crippen LogP contribution in [0.2, 0.25) is 0 Å². The minimum absolute atomic E-state index is 0. The van der Waals surface area contributed by atoms with Gasteiger partial charge in [-0.05, 0) is 78.5 Å². The lowest BCUT2D eigenvalue weighted by molar-refractivity contribution is -0.384. The standard InChI is InChI=1S/C54H42N10O14.2ClH/c65-47(57-14-4-12-56-17-19-60-50(68)39-10-2-7-30-22-36(63(75)76)27-42(45(30)39)52(60)70)32-20-33(25-34(24-32)61-53(71)40-11-3-8-31-23-37(64(77)78)28-43(46(31)40)54(61)72)48(66)58-16-15-55-13-5-18-59-49(67)38-9-1-6-29-21-35(62(73)74)26-41(44(29)38)51(59)69;;/h1-3,6-11,20-28,55-56H,4-5,12-19H2,(H,57,65)(H,58,66);2*1H. The summed E-state index contributed by atoms with van der Waals surface area (Å²) in [6.07, 6.45) is 0.605. The molecule has 24 nitrogen and oxygen atoms in total. The zero-order valence-electron chi connectivity index (χ0n) is 41.7.